The van der Waals surface area contributed by atoms with Crippen molar-refractivity contribution < 1.29 is 19.4 Å². The van der Waals surface area contributed by atoms with Crippen LogP contribution < -0.4 is 15.5 Å². The summed E-state index contributed by atoms with van der Waals surface area (Å²) in [5.74, 6) is -0.245. The predicted molar refractivity (Wildman–Crippen MR) is 135 cm³/mol. The number of hydrazone groups is 1. The molecule has 7 nitrogen and oxygen atoms in total. The van der Waals surface area contributed by atoms with E-state index in [9.17, 15) is 14.7 Å². The minimum atomic E-state index is -0.484. The Balaban J connectivity index is 1.38. The van der Waals surface area contributed by atoms with Crippen molar-refractivity contribution in [2.75, 3.05) is 12.4 Å². The molecule has 9 heteroatoms. The van der Waals surface area contributed by atoms with E-state index in [-0.39, 0.29) is 28.7 Å². The first-order valence-corrected chi connectivity index (χ1v) is 11.4. The van der Waals surface area contributed by atoms with Crippen molar-refractivity contribution in [2.24, 2.45) is 5.10 Å². The highest BCUT2D eigenvalue weighted by atomic mass is 35.5. The summed E-state index contributed by atoms with van der Waals surface area (Å²) in [5.41, 5.74) is 3.84. The molecule has 0 saturated heterocycles. The lowest BCUT2D eigenvalue weighted by Gasteiger charge is -2.09. The van der Waals surface area contributed by atoms with Crippen LogP contribution >= 0.6 is 22.9 Å². The van der Waals surface area contributed by atoms with E-state index in [0.29, 0.717) is 17.0 Å². The molecule has 0 fully saturated rings. The highest BCUT2D eigenvalue weighted by molar-refractivity contribution is 7.19. The molecule has 0 saturated carbocycles. The van der Waals surface area contributed by atoms with Gasteiger partial charge in [-0.15, -0.1) is 11.3 Å². The van der Waals surface area contributed by atoms with Gasteiger partial charge in [-0.2, -0.15) is 5.10 Å². The van der Waals surface area contributed by atoms with Crippen LogP contribution in [-0.4, -0.2) is 30.2 Å². The number of amides is 2. The molecule has 4 rings (SSSR count). The third kappa shape index (κ3) is 5.54. The molecule has 172 valence electrons. The third-order valence-electron chi connectivity index (χ3n) is 4.91. The van der Waals surface area contributed by atoms with Crippen LogP contribution in [0, 0.1) is 0 Å². The molecule has 0 atom stereocenters. The van der Waals surface area contributed by atoms with Crippen molar-refractivity contribution in [3.05, 3.63) is 87.8 Å². The number of ether oxygens (including phenoxy) is 1. The van der Waals surface area contributed by atoms with Crippen molar-refractivity contribution in [2.45, 2.75) is 6.42 Å². The molecule has 4 aromatic rings. The number of phenolic OH excluding ortho intramolecular Hbond substituents is 1. The summed E-state index contributed by atoms with van der Waals surface area (Å²) < 4.78 is 6.55. The fourth-order valence-electron chi connectivity index (χ4n) is 3.26. The average Bonchev–Trinajstić information content (AvgIpc) is 3.23. The van der Waals surface area contributed by atoms with Gasteiger partial charge in [0, 0.05) is 32.5 Å². The van der Waals surface area contributed by atoms with Gasteiger partial charge in [0.05, 0.1) is 24.8 Å². The fourth-order valence-corrected chi connectivity index (χ4v) is 4.50. The molecule has 0 aliphatic rings. The van der Waals surface area contributed by atoms with Crippen molar-refractivity contribution in [3.63, 3.8) is 0 Å². The van der Waals surface area contributed by atoms with Crippen LogP contribution in [0.2, 0.25) is 5.02 Å². The van der Waals surface area contributed by atoms with E-state index in [4.69, 9.17) is 16.3 Å². The van der Waals surface area contributed by atoms with Gasteiger partial charge in [-0.05, 0) is 47.9 Å². The number of anilines is 1. The van der Waals surface area contributed by atoms with Gasteiger partial charge < -0.3 is 15.2 Å². The van der Waals surface area contributed by atoms with Gasteiger partial charge in [0.2, 0.25) is 5.91 Å². The maximum Gasteiger partial charge on any atom is 0.271 e. The molecule has 3 aromatic carbocycles. The number of methoxy groups -OCH3 is 1. The highest BCUT2D eigenvalue weighted by Gasteiger charge is 2.10. The zero-order valence-electron chi connectivity index (χ0n) is 18.0. The third-order valence-corrected chi connectivity index (χ3v) is 6.33. The van der Waals surface area contributed by atoms with Gasteiger partial charge in [-0.25, -0.2) is 5.43 Å². The molecule has 0 radical (unpaired) electrons. The Labute approximate surface area is 204 Å². The van der Waals surface area contributed by atoms with Gasteiger partial charge in [0.25, 0.3) is 5.91 Å². The van der Waals surface area contributed by atoms with Crippen LogP contribution in [0.3, 0.4) is 0 Å². The van der Waals surface area contributed by atoms with Gasteiger partial charge in [-0.3, -0.25) is 9.59 Å². The molecule has 0 aliphatic heterocycles. The number of hydrogen-bond donors (Lipinski definition) is 3. The Morgan fingerprint density at radius 3 is 2.71 bits per heavy atom. The lowest BCUT2D eigenvalue weighted by atomic mass is 10.2. The van der Waals surface area contributed by atoms with Crippen LogP contribution in [-0.2, 0) is 11.2 Å². The zero-order chi connectivity index (χ0) is 24.1. The van der Waals surface area contributed by atoms with Crippen LogP contribution in [0.1, 0.15) is 20.8 Å². The van der Waals surface area contributed by atoms with E-state index in [1.54, 1.807) is 29.5 Å². The van der Waals surface area contributed by atoms with E-state index in [0.717, 1.165) is 15.0 Å². The Morgan fingerprint density at radius 1 is 1.12 bits per heavy atom. The number of phenols is 1. The second-order valence-electron chi connectivity index (χ2n) is 7.30. The fraction of sp³-hybridized carbons (Fsp3) is 0.0800. The molecule has 0 spiro atoms. The van der Waals surface area contributed by atoms with Crippen molar-refractivity contribution in [3.8, 4) is 11.5 Å². The first-order chi connectivity index (χ1) is 16.4. The lowest BCUT2D eigenvalue weighted by molar-refractivity contribution is -0.115. The molecule has 2 amide bonds. The number of benzene rings is 3. The van der Waals surface area contributed by atoms with E-state index < -0.39 is 5.91 Å². The summed E-state index contributed by atoms with van der Waals surface area (Å²) in [7, 11) is 1.51. The molecular weight excluding hydrogens is 474 g/mol. The number of carbonyl (C=O) groups excluding carboxylic acids is 2. The van der Waals surface area contributed by atoms with Crippen molar-refractivity contribution in [1.82, 2.24) is 5.43 Å². The Bertz CT molecular complexity index is 1370. The summed E-state index contributed by atoms with van der Waals surface area (Å²) in [4.78, 5) is 25.7. The molecule has 34 heavy (non-hydrogen) atoms. The number of aromatic hydroxyl groups is 1. The maximum atomic E-state index is 12.5. The van der Waals surface area contributed by atoms with Crippen LogP contribution in [0.25, 0.3) is 10.1 Å². The minimum absolute atomic E-state index is 0.0725. The monoisotopic (exact) mass is 493 g/mol. The standard InChI is InChI=1S/C25H20ClN3O4S/c1-33-22-12-18(28-24(31)13-19-10-15-4-2-3-5-23(15)34-19)8-6-17(22)14-27-29-25(32)16-7-9-21(30)20(26)11-16/h2-12,14,30H,13H2,1H3,(H,28,31)(H,29,32)/b27-14+. The Kier molecular flexibility index (Phi) is 7.10. The molecular formula is C25H20ClN3O4S. The molecule has 0 unspecified atom stereocenters. The van der Waals surface area contributed by atoms with E-state index >= 15 is 0 Å². The van der Waals surface area contributed by atoms with E-state index in [1.807, 2.05) is 30.3 Å². The van der Waals surface area contributed by atoms with Gasteiger partial charge in [0.1, 0.15) is 11.5 Å². The van der Waals surface area contributed by atoms with Gasteiger partial charge in [0.15, 0.2) is 0 Å². The van der Waals surface area contributed by atoms with E-state index in [2.05, 4.69) is 15.8 Å². The Hall–Kier alpha value is -3.88. The number of halogens is 1. The molecule has 1 aromatic heterocycles. The number of nitrogens with one attached hydrogen (secondary N) is 2. The lowest BCUT2D eigenvalue weighted by Crippen LogP contribution is -2.17. The summed E-state index contributed by atoms with van der Waals surface area (Å²) >= 11 is 7.43. The molecule has 0 aliphatic carbocycles. The second kappa shape index (κ2) is 10.4. The predicted octanol–water partition coefficient (Wildman–Crippen LogP) is 5.21. The van der Waals surface area contributed by atoms with Crippen molar-refractivity contribution in [1.29, 1.82) is 0 Å². The zero-order valence-corrected chi connectivity index (χ0v) is 19.6. The largest absolute Gasteiger partial charge is 0.506 e. The number of thiophene rings is 1. The van der Waals surface area contributed by atoms with Crippen LogP contribution in [0.4, 0.5) is 5.69 Å². The van der Waals surface area contributed by atoms with Gasteiger partial charge in [-0.1, -0.05) is 29.8 Å². The minimum Gasteiger partial charge on any atom is -0.506 e. The van der Waals surface area contributed by atoms with Gasteiger partial charge >= 0.3 is 0 Å². The maximum absolute atomic E-state index is 12.5. The SMILES string of the molecule is COc1cc(NC(=O)Cc2cc3ccccc3s2)ccc1/C=N/NC(=O)c1ccc(O)c(Cl)c1. The topological polar surface area (TPSA) is 100 Å². The number of hydrogen-bond acceptors (Lipinski definition) is 6. The summed E-state index contributed by atoms with van der Waals surface area (Å²) in [5, 5.41) is 17.5. The first kappa shape index (κ1) is 23.3. The summed E-state index contributed by atoms with van der Waals surface area (Å²) in [6.45, 7) is 0. The number of carbonyl (C=O) groups is 2. The van der Waals surface area contributed by atoms with Crippen molar-refractivity contribution >= 4 is 56.7 Å². The highest BCUT2D eigenvalue weighted by Crippen LogP contribution is 2.27. The number of fused-ring (bicyclic) bond motifs is 1. The average molecular weight is 494 g/mol. The summed E-state index contributed by atoms with van der Waals surface area (Å²) in [6.07, 6.45) is 1.71. The number of nitrogens with zero attached hydrogens (tertiary/aromatic N) is 1. The molecule has 1 heterocycles. The Morgan fingerprint density at radius 2 is 1.94 bits per heavy atom. The number of rotatable bonds is 7. The summed E-state index contributed by atoms with van der Waals surface area (Å²) in [6, 6.07) is 19.3. The molecule has 0 bridgehead atoms. The van der Waals surface area contributed by atoms with E-state index in [1.165, 1.54) is 31.5 Å². The quantitative estimate of drug-likeness (QED) is 0.243. The smallest absolute Gasteiger partial charge is 0.271 e. The first-order valence-electron chi connectivity index (χ1n) is 10.2. The van der Waals surface area contributed by atoms with Crippen LogP contribution in [0.15, 0.2) is 71.8 Å². The normalized spacial score (nSPS) is 11.0. The second-order valence-corrected chi connectivity index (χ2v) is 8.87. The van der Waals surface area contributed by atoms with Crippen LogP contribution in [0.5, 0.6) is 11.5 Å². The molecule has 3 N–H and O–H groups in total.